The monoisotopic (exact) mass is 226 g/mol. The van der Waals surface area contributed by atoms with Crippen LogP contribution in [0.15, 0.2) is 0 Å². The lowest BCUT2D eigenvalue weighted by Gasteiger charge is -2.26. The molecule has 0 aromatic heterocycles. The van der Waals surface area contributed by atoms with Gasteiger partial charge in [0.15, 0.2) is 0 Å². The average Bonchev–Trinajstić information content (AvgIpc) is 2.96. The summed E-state index contributed by atoms with van der Waals surface area (Å²) in [5.41, 5.74) is 2.23. The molecule has 2 unspecified atom stereocenters. The average molecular weight is 226 g/mol. The van der Waals surface area contributed by atoms with Gasteiger partial charge in [-0.1, -0.05) is 0 Å². The van der Waals surface area contributed by atoms with Gasteiger partial charge in [-0.3, -0.25) is 20.0 Å². The highest BCUT2D eigenvalue weighted by atomic mass is 16.2. The molecule has 0 aliphatic carbocycles. The van der Waals surface area contributed by atoms with Crippen molar-refractivity contribution in [1.29, 1.82) is 0 Å². The Labute approximate surface area is 96.9 Å². The minimum absolute atomic E-state index is 0.0814. The SMILES string of the molecule is CC(C(=O)NN)N1CCC(N2CCCC2)C1. The van der Waals surface area contributed by atoms with Gasteiger partial charge in [0.25, 0.3) is 5.91 Å². The van der Waals surface area contributed by atoms with Crippen molar-refractivity contribution in [3.05, 3.63) is 0 Å². The molecule has 2 heterocycles. The fourth-order valence-corrected chi connectivity index (χ4v) is 2.81. The van der Waals surface area contributed by atoms with Gasteiger partial charge in [-0.15, -0.1) is 0 Å². The highest BCUT2D eigenvalue weighted by molar-refractivity contribution is 5.80. The van der Waals surface area contributed by atoms with Crippen LogP contribution >= 0.6 is 0 Å². The summed E-state index contributed by atoms with van der Waals surface area (Å²) in [7, 11) is 0. The van der Waals surface area contributed by atoms with E-state index in [1.807, 2.05) is 6.92 Å². The van der Waals surface area contributed by atoms with Crippen molar-refractivity contribution in [2.75, 3.05) is 26.2 Å². The maximum absolute atomic E-state index is 11.4. The van der Waals surface area contributed by atoms with E-state index in [2.05, 4.69) is 15.2 Å². The van der Waals surface area contributed by atoms with E-state index >= 15 is 0 Å². The fourth-order valence-electron chi connectivity index (χ4n) is 2.81. The second kappa shape index (κ2) is 5.12. The first-order valence-electron chi connectivity index (χ1n) is 6.21. The van der Waals surface area contributed by atoms with E-state index in [1.54, 1.807) is 0 Å². The van der Waals surface area contributed by atoms with Crippen LogP contribution in [0.1, 0.15) is 26.2 Å². The first-order valence-corrected chi connectivity index (χ1v) is 6.21. The van der Waals surface area contributed by atoms with Gasteiger partial charge in [0.1, 0.15) is 0 Å². The first-order chi connectivity index (χ1) is 7.72. The van der Waals surface area contributed by atoms with Gasteiger partial charge < -0.3 is 0 Å². The molecule has 92 valence electrons. The second-order valence-electron chi connectivity index (χ2n) is 4.87. The summed E-state index contributed by atoms with van der Waals surface area (Å²) < 4.78 is 0. The Morgan fingerprint density at radius 2 is 2.06 bits per heavy atom. The molecule has 1 amide bonds. The van der Waals surface area contributed by atoms with Crippen LogP contribution in [0.3, 0.4) is 0 Å². The highest BCUT2D eigenvalue weighted by Gasteiger charge is 2.33. The number of hydrogen-bond donors (Lipinski definition) is 2. The molecule has 0 aromatic rings. The smallest absolute Gasteiger partial charge is 0.250 e. The predicted molar refractivity (Wildman–Crippen MR) is 62.6 cm³/mol. The van der Waals surface area contributed by atoms with Gasteiger partial charge in [0, 0.05) is 19.1 Å². The van der Waals surface area contributed by atoms with Crippen molar-refractivity contribution in [2.45, 2.75) is 38.3 Å². The molecule has 0 saturated carbocycles. The Morgan fingerprint density at radius 1 is 1.38 bits per heavy atom. The summed E-state index contributed by atoms with van der Waals surface area (Å²) in [5, 5.41) is 0. The van der Waals surface area contributed by atoms with E-state index in [0.29, 0.717) is 6.04 Å². The number of nitrogens with zero attached hydrogens (tertiary/aromatic N) is 2. The maximum Gasteiger partial charge on any atom is 0.250 e. The molecule has 2 aliphatic heterocycles. The minimum Gasteiger partial charge on any atom is -0.299 e. The number of likely N-dealkylation sites (tertiary alicyclic amines) is 2. The van der Waals surface area contributed by atoms with Crippen LogP contribution in [0, 0.1) is 0 Å². The first kappa shape index (κ1) is 11.8. The van der Waals surface area contributed by atoms with Crippen molar-refractivity contribution in [3.8, 4) is 0 Å². The Morgan fingerprint density at radius 3 is 2.69 bits per heavy atom. The Hall–Kier alpha value is -0.650. The van der Waals surface area contributed by atoms with Crippen LogP contribution in [-0.4, -0.2) is 54.0 Å². The Balaban J connectivity index is 1.84. The zero-order valence-electron chi connectivity index (χ0n) is 9.98. The number of rotatable bonds is 3. The zero-order valence-corrected chi connectivity index (χ0v) is 9.98. The molecule has 5 nitrogen and oxygen atoms in total. The molecule has 0 aromatic carbocycles. The number of nitrogens with two attached hydrogens (primary N) is 1. The van der Waals surface area contributed by atoms with E-state index < -0.39 is 0 Å². The number of carbonyl (C=O) groups excluding carboxylic acids is 1. The van der Waals surface area contributed by atoms with Crippen LogP contribution in [-0.2, 0) is 4.79 Å². The number of hydrazine groups is 1. The maximum atomic E-state index is 11.4. The summed E-state index contributed by atoms with van der Waals surface area (Å²) in [5.74, 6) is 5.08. The van der Waals surface area contributed by atoms with Crippen LogP contribution in [0.5, 0.6) is 0 Å². The number of hydrogen-bond acceptors (Lipinski definition) is 4. The molecule has 2 rings (SSSR count). The second-order valence-corrected chi connectivity index (χ2v) is 4.87. The van der Waals surface area contributed by atoms with Gasteiger partial charge in [-0.2, -0.15) is 0 Å². The van der Waals surface area contributed by atoms with Crippen molar-refractivity contribution >= 4 is 5.91 Å². The third-order valence-corrected chi connectivity index (χ3v) is 3.92. The number of nitrogens with one attached hydrogen (secondary N) is 1. The highest BCUT2D eigenvalue weighted by Crippen LogP contribution is 2.21. The molecule has 0 bridgehead atoms. The van der Waals surface area contributed by atoms with E-state index in [-0.39, 0.29) is 11.9 Å². The van der Waals surface area contributed by atoms with Crippen molar-refractivity contribution in [2.24, 2.45) is 5.84 Å². The molecule has 0 spiro atoms. The minimum atomic E-state index is -0.0994. The lowest BCUT2D eigenvalue weighted by Crippen LogP contribution is -2.47. The molecule has 2 aliphatic rings. The Bertz CT molecular complexity index is 252. The summed E-state index contributed by atoms with van der Waals surface area (Å²) in [4.78, 5) is 16.2. The quantitative estimate of drug-likeness (QED) is 0.388. The normalized spacial score (nSPS) is 29.5. The summed E-state index contributed by atoms with van der Waals surface area (Å²) in [6.45, 7) is 6.41. The summed E-state index contributed by atoms with van der Waals surface area (Å²) >= 11 is 0. The largest absolute Gasteiger partial charge is 0.299 e. The van der Waals surface area contributed by atoms with E-state index in [1.165, 1.54) is 32.4 Å². The molecule has 5 heteroatoms. The topological polar surface area (TPSA) is 61.6 Å². The van der Waals surface area contributed by atoms with Gasteiger partial charge in [0.2, 0.25) is 0 Å². The van der Waals surface area contributed by atoms with Crippen LogP contribution in [0.25, 0.3) is 0 Å². The fraction of sp³-hybridized carbons (Fsp3) is 0.909. The Kier molecular flexibility index (Phi) is 3.78. The summed E-state index contributed by atoms with van der Waals surface area (Å²) in [6, 6.07) is 0.549. The molecule has 2 atom stereocenters. The third kappa shape index (κ3) is 2.36. The summed E-state index contributed by atoms with van der Waals surface area (Å²) in [6.07, 6.45) is 3.84. The van der Waals surface area contributed by atoms with E-state index in [4.69, 9.17) is 5.84 Å². The van der Waals surface area contributed by atoms with Gasteiger partial charge in [-0.25, -0.2) is 5.84 Å². The van der Waals surface area contributed by atoms with Crippen LogP contribution < -0.4 is 11.3 Å². The van der Waals surface area contributed by atoms with Crippen molar-refractivity contribution in [3.63, 3.8) is 0 Å². The molecule has 0 radical (unpaired) electrons. The van der Waals surface area contributed by atoms with Crippen molar-refractivity contribution in [1.82, 2.24) is 15.2 Å². The molecule has 2 fully saturated rings. The predicted octanol–water partition coefficient (Wildman–Crippen LogP) is -0.465. The number of carbonyl (C=O) groups is 1. The molecule has 3 N–H and O–H groups in total. The van der Waals surface area contributed by atoms with Crippen molar-refractivity contribution < 1.29 is 4.79 Å². The van der Waals surface area contributed by atoms with E-state index in [0.717, 1.165) is 13.1 Å². The van der Waals surface area contributed by atoms with Gasteiger partial charge >= 0.3 is 0 Å². The zero-order chi connectivity index (χ0) is 11.5. The molecular formula is C11H22N4O. The lowest BCUT2D eigenvalue weighted by molar-refractivity contribution is -0.125. The number of amides is 1. The van der Waals surface area contributed by atoms with E-state index in [9.17, 15) is 4.79 Å². The molecular weight excluding hydrogens is 204 g/mol. The standard InChI is InChI=1S/C11H22N4O/c1-9(11(16)13-12)15-7-4-10(8-15)14-5-2-3-6-14/h9-10H,2-8,12H2,1H3,(H,13,16). The third-order valence-electron chi connectivity index (χ3n) is 3.92. The van der Waals surface area contributed by atoms with Crippen LogP contribution in [0.4, 0.5) is 0 Å². The molecule has 2 saturated heterocycles. The molecule has 16 heavy (non-hydrogen) atoms. The lowest BCUT2D eigenvalue weighted by atomic mass is 10.2. The van der Waals surface area contributed by atoms with Gasteiger partial charge in [-0.05, 0) is 39.3 Å². The van der Waals surface area contributed by atoms with Gasteiger partial charge in [0.05, 0.1) is 6.04 Å². The van der Waals surface area contributed by atoms with Crippen LogP contribution in [0.2, 0.25) is 0 Å².